The van der Waals surface area contributed by atoms with E-state index in [1.165, 1.54) is 4.90 Å². The molecule has 7 nitrogen and oxygen atoms in total. The highest BCUT2D eigenvalue weighted by atomic mass is 35.5. The van der Waals surface area contributed by atoms with Crippen molar-refractivity contribution in [3.8, 4) is 0 Å². The summed E-state index contributed by atoms with van der Waals surface area (Å²) in [4.78, 5) is 28.2. The normalized spacial score (nSPS) is 12.7. The molecule has 0 saturated carbocycles. The number of benzene rings is 3. The van der Waals surface area contributed by atoms with Gasteiger partial charge in [0.15, 0.2) is 0 Å². The summed E-state index contributed by atoms with van der Waals surface area (Å²) in [5, 5.41) is 5.06. The van der Waals surface area contributed by atoms with Crippen molar-refractivity contribution < 1.29 is 18.0 Å². The standard InChI is InChI=1S/C27H31Cl2N3O4S/c1-18(26(34)30-27(2,3)4)31(16-21-22(28)13-9-14-23(21)29)25(33)17-32(37(5,35)36)24-15-8-11-19-10-6-7-12-20(19)24/h6-15,18H,16-17H2,1-5H3,(H,30,34). The molecule has 1 N–H and O–H groups in total. The molecule has 1 atom stereocenters. The molecule has 0 spiro atoms. The monoisotopic (exact) mass is 563 g/mol. The van der Waals surface area contributed by atoms with E-state index in [1.54, 1.807) is 49.4 Å². The lowest BCUT2D eigenvalue weighted by Gasteiger charge is -2.33. The first-order chi connectivity index (χ1) is 17.2. The van der Waals surface area contributed by atoms with E-state index in [0.717, 1.165) is 15.9 Å². The third-order valence-corrected chi connectivity index (χ3v) is 7.60. The largest absolute Gasteiger partial charge is 0.350 e. The first-order valence-corrected chi connectivity index (χ1v) is 14.3. The second kappa shape index (κ2) is 11.3. The molecule has 0 aliphatic heterocycles. The van der Waals surface area contributed by atoms with E-state index in [2.05, 4.69) is 5.32 Å². The first kappa shape index (κ1) is 28.8. The van der Waals surface area contributed by atoms with Gasteiger partial charge < -0.3 is 10.2 Å². The van der Waals surface area contributed by atoms with E-state index in [4.69, 9.17) is 23.2 Å². The highest BCUT2D eigenvalue weighted by Crippen LogP contribution is 2.30. The van der Waals surface area contributed by atoms with Gasteiger partial charge in [0.2, 0.25) is 21.8 Å². The Balaban J connectivity index is 2.04. The van der Waals surface area contributed by atoms with Gasteiger partial charge in [0.1, 0.15) is 12.6 Å². The molecule has 0 bridgehead atoms. The molecule has 3 aromatic rings. The minimum Gasteiger partial charge on any atom is -0.350 e. The number of carbonyl (C=O) groups is 2. The molecule has 2 amide bonds. The molecule has 37 heavy (non-hydrogen) atoms. The molecule has 0 aromatic heterocycles. The van der Waals surface area contributed by atoms with Crippen molar-refractivity contribution in [2.45, 2.75) is 45.8 Å². The zero-order valence-electron chi connectivity index (χ0n) is 21.5. The van der Waals surface area contributed by atoms with Gasteiger partial charge in [-0.15, -0.1) is 0 Å². The second-order valence-electron chi connectivity index (χ2n) is 9.90. The van der Waals surface area contributed by atoms with Crippen LogP contribution in [0.15, 0.2) is 60.7 Å². The molecule has 0 aliphatic carbocycles. The van der Waals surface area contributed by atoms with Crippen molar-refractivity contribution in [1.82, 2.24) is 10.2 Å². The molecule has 0 heterocycles. The van der Waals surface area contributed by atoms with Crippen LogP contribution in [-0.4, -0.2) is 49.5 Å². The van der Waals surface area contributed by atoms with Crippen LogP contribution in [0, 0.1) is 0 Å². The van der Waals surface area contributed by atoms with Crippen LogP contribution in [0.2, 0.25) is 10.0 Å². The predicted molar refractivity (Wildman–Crippen MR) is 151 cm³/mol. The number of carbonyl (C=O) groups excluding carboxylic acids is 2. The Hall–Kier alpha value is -2.81. The fourth-order valence-corrected chi connectivity index (χ4v) is 5.31. The lowest BCUT2D eigenvalue weighted by atomic mass is 10.1. The number of rotatable bonds is 8. The van der Waals surface area contributed by atoms with Gasteiger partial charge in [-0.2, -0.15) is 0 Å². The molecule has 0 saturated heterocycles. The van der Waals surface area contributed by atoms with Crippen molar-refractivity contribution in [1.29, 1.82) is 0 Å². The zero-order chi connectivity index (χ0) is 27.5. The molecule has 1 unspecified atom stereocenters. The highest BCUT2D eigenvalue weighted by molar-refractivity contribution is 7.92. The second-order valence-corrected chi connectivity index (χ2v) is 12.6. The van der Waals surface area contributed by atoms with Crippen molar-refractivity contribution in [3.05, 3.63) is 76.3 Å². The van der Waals surface area contributed by atoms with Gasteiger partial charge in [-0.25, -0.2) is 8.42 Å². The third kappa shape index (κ3) is 7.15. The number of nitrogens with one attached hydrogen (secondary N) is 1. The van der Waals surface area contributed by atoms with Gasteiger partial charge in [0.05, 0.1) is 11.9 Å². The molecule has 0 radical (unpaired) electrons. The number of halogens is 2. The Morgan fingerprint density at radius 3 is 2.11 bits per heavy atom. The molecule has 3 aromatic carbocycles. The van der Waals surface area contributed by atoms with Crippen LogP contribution in [-0.2, 0) is 26.2 Å². The van der Waals surface area contributed by atoms with Crippen LogP contribution in [0.3, 0.4) is 0 Å². The Bertz CT molecular complexity index is 1400. The molecule has 198 valence electrons. The van der Waals surface area contributed by atoms with Crippen molar-refractivity contribution in [3.63, 3.8) is 0 Å². The lowest BCUT2D eigenvalue weighted by Crippen LogP contribution is -2.54. The Kier molecular flexibility index (Phi) is 8.78. The lowest BCUT2D eigenvalue weighted by molar-refractivity contribution is -0.140. The summed E-state index contributed by atoms with van der Waals surface area (Å²) >= 11 is 12.8. The van der Waals surface area contributed by atoms with Gasteiger partial charge in [0.25, 0.3) is 0 Å². The SMILES string of the molecule is CC(C(=O)NC(C)(C)C)N(Cc1c(Cl)cccc1Cl)C(=O)CN(c1cccc2ccccc12)S(C)(=O)=O. The zero-order valence-corrected chi connectivity index (χ0v) is 23.8. The molecular formula is C27H31Cl2N3O4S. The number of hydrogen-bond donors (Lipinski definition) is 1. The van der Waals surface area contributed by atoms with Gasteiger partial charge in [-0.05, 0) is 51.3 Å². The maximum absolute atomic E-state index is 13.8. The minimum absolute atomic E-state index is 0.0801. The van der Waals surface area contributed by atoms with E-state index >= 15 is 0 Å². The highest BCUT2D eigenvalue weighted by Gasteiger charge is 2.32. The van der Waals surface area contributed by atoms with Gasteiger partial charge in [0, 0.05) is 33.1 Å². The van der Waals surface area contributed by atoms with E-state index < -0.39 is 34.1 Å². The third-order valence-electron chi connectivity index (χ3n) is 5.77. The number of amides is 2. The number of nitrogens with zero attached hydrogens (tertiary/aromatic N) is 2. The summed E-state index contributed by atoms with van der Waals surface area (Å²) in [5.41, 5.74) is 0.297. The van der Waals surface area contributed by atoms with E-state index in [0.29, 0.717) is 26.7 Å². The van der Waals surface area contributed by atoms with Crippen LogP contribution in [0.1, 0.15) is 33.3 Å². The van der Waals surface area contributed by atoms with Crippen LogP contribution >= 0.6 is 23.2 Å². The molecule has 10 heteroatoms. The summed E-state index contributed by atoms with van der Waals surface area (Å²) in [7, 11) is -3.87. The van der Waals surface area contributed by atoms with Gasteiger partial charge in [-0.3, -0.25) is 13.9 Å². The number of hydrogen-bond acceptors (Lipinski definition) is 4. The van der Waals surface area contributed by atoms with Gasteiger partial charge >= 0.3 is 0 Å². The number of sulfonamides is 1. The summed E-state index contributed by atoms with van der Waals surface area (Å²) in [5.74, 6) is -0.967. The topological polar surface area (TPSA) is 86.8 Å². The van der Waals surface area contributed by atoms with Crippen LogP contribution < -0.4 is 9.62 Å². The van der Waals surface area contributed by atoms with E-state index in [9.17, 15) is 18.0 Å². The summed E-state index contributed by atoms with van der Waals surface area (Å²) in [6.07, 6.45) is 1.05. The minimum atomic E-state index is -3.87. The van der Waals surface area contributed by atoms with Gasteiger partial charge in [-0.1, -0.05) is 65.7 Å². The molecular weight excluding hydrogens is 533 g/mol. The Morgan fingerprint density at radius 2 is 1.51 bits per heavy atom. The average molecular weight is 565 g/mol. The first-order valence-electron chi connectivity index (χ1n) is 11.7. The number of fused-ring (bicyclic) bond motifs is 1. The fourth-order valence-electron chi connectivity index (χ4n) is 3.93. The maximum atomic E-state index is 13.8. The molecule has 0 fully saturated rings. The van der Waals surface area contributed by atoms with E-state index in [1.807, 2.05) is 39.0 Å². The van der Waals surface area contributed by atoms with Crippen molar-refractivity contribution in [2.75, 3.05) is 17.1 Å². The number of anilines is 1. The summed E-state index contributed by atoms with van der Waals surface area (Å²) < 4.78 is 26.9. The fraction of sp³-hybridized carbons (Fsp3) is 0.333. The molecule has 3 rings (SSSR count). The van der Waals surface area contributed by atoms with Crippen LogP contribution in [0.4, 0.5) is 5.69 Å². The van der Waals surface area contributed by atoms with Crippen molar-refractivity contribution >= 4 is 61.5 Å². The molecule has 0 aliphatic rings. The summed E-state index contributed by atoms with van der Waals surface area (Å²) in [6.45, 7) is 6.50. The van der Waals surface area contributed by atoms with Crippen molar-refractivity contribution in [2.24, 2.45) is 0 Å². The van der Waals surface area contributed by atoms with Crippen LogP contribution in [0.25, 0.3) is 10.8 Å². The predicted octanol–water partition coefficient (Wildman–Crippen LogP) is 5.24. The van der Waals surface area contributed by atoms with E-state index in [-0.39, 0.29) is 12.5 Å². The maximum Gasteiger partial charge on any atom is 0.244 e. The Morgan fingerprint density at radius 1 is 0.946 bits per heavy atom. The Labute approximate surface area is 228 Å². The smallest absolute Gasteiger partial charge is 0.244 e. The summed E-state index contributed by atoms with van der Waals surface area (Å²) in [6, 6.07) is 16.6. The van der Waals surface area contributed by atoms with Crippen LogP contribution in [0.5, 0.6) is 0 Å². The quantitative estimate of drug-likeness (QED) is 0.405. The average Bonchev–Trinajstić information content (AvgIpc) is 2.80.